The predicted octanol–water partition coefficient (Wildman–Crippen LogP) is 4.70. The number of esters is 1. The number of aromatic amines is 1. The molecular weight excluding hydrogens is 367 g/mol. The highest BCUT2D eigenvalue weighted by atomic mass is 19.1. The second kappa shape index (κ2) is 8.62. The van der Waals surface area contributed by atoms with E-state index in [1.807, 2.05) is 12.3 Å². The van der Waals surface area contributed by atoms with Crippen LogP contribution >= 0.6 is 0 Å². The summed E-state index contributed by atoms with van der Waals surface area (Å²) in [7, 11) is 1.38. The lowest BCUT2D eigenvalue weighted by atomic mass is 10.0. The van der Waals surface area contributed by atoms with Crippen molar-refractivity contribution in [1.82, 2.24) is 10.3 Å². The first-order valence-corrected chi connectivity index (χ1v) is 10.0. The minimum Gasteiger partial charge on any atom is -0.466 e. The lowest BCUT2D eigenvalue weighted by Crippen LogP contribution is -2.20. The predicted molar refractivity (Wildman–Crippen MR) is 113 cm³/mol. The number of methoxy groups -OCH3 is 1. The van der Waals surface area contributed by atoms with E-state index in [1.165, 1.54) is 30.4 Å². The summed E-state index contributed by atoms with van der Waals surface area (Å²) >= 11 is 0. The zero-order valence-corrected chi connectivity index (χ0v) is 16.5. The van der Waals surface area contributed by atoms with Crippen molar-refractivity contribution in [3.05, 3.63) is 76.7 Å². The highest BCUT2D eigenvalue weighted by Crippen LogP contribution is 2.32. The summed E-state index contributed by atoms with van der Waals surface area (Å²) in [6.45, 7) is 0.913. The quantitative estimate of drug-likeness (QED) is 0.348. The van der Waals surface area contributed by atoms with Gasteiger partial charge in [-0.25, -0.2) is 9.18 Å². The first-order valence-electron chi connectivity index (χ1n) is 10.0. The molecule has 1 atom stereocenters. The number of nitrogens with one attached hydrogen (secondary N) is 2. The molecule has 3 aromatic rings. The molecule has 0 saturated carbocycles. The second-order valence-electron chi connectivity index (χ2n) is 7.47. The fraction of sp³-hybridized carbons (Fsp3) is 0.292. The third-order valence-electron chi connectivity index (χ3n) is 5.60. The Morgan fingerprint density at radius 3 is 3.07 bits per heavy atom. The summed E-state index contributed by atoms with van der Waals surface area (Å²) in [6.07, 6.45) is 9.24. The molecule has 0 amide bonds. The van der Waals surface area contributed by atoms with Crippen LogP contribution in [0.2, 0.25) is 0 Å². The highest BCUT2D eigenvalue weighted by molar-refractivity contribution is 5.87. The molecule has 0 bridgehead atoms. The van der Waals surface area contributed by atoms with Gasteiger partial charge in [0.2, 0.25) is 0 Å². The SMILES string of the molecule is COC(=O)C=Cc1ccc2c(c1)CCC2NCCCc1c[nH]c2ccc(F)cc12. The number of carbonyl (C=O) groups is 1. The number of benzene rings is 2. The molecule has 4 nitrogen and oxygen atoms in total. The van der Waals surface area contributed by atoms with Crippen LogP contribution in [0.3, 0.4) is 0 Å². The van der Waals surface area contributed by atoms with Gasteiger partial charge in [0.1, 0.15) is 5.82 Å². The van der Waals surface area contributed by atoms with Crippen molar-refractivity contribution in [1.29, 1.82) is 0 Å². The molecular formula is C24H25FN2O2. The van der Waals surface area contributed by atoms with Crippen LogP contribution in [-0.4, -0.2) is 24.6 Å². The normalized spacial score (nSPS) is 15.9. The summed E-state index contributed by atoms with van der Waals surface area (Å²) in [5, 5.41) is 4.64. The van der Waals surface area contributed by atoms with Gasteiger partial charge in [-0.15, -0.1) is 0 Å². The number of hydrogen-bond donors (Lipinski definition) is 2. The van der Waals surface area contributed by atoms with E-state index in [0.717, 1.165) is 54.3 Å². The first-order chi connectivity index (χ1) is 14.1. The van der Waals surface area contributed by atoms with Crippen LogP contribution in [0.25, 0.3) is 17.0 Å². The van der Waals surface area contributed by atoms with Crippen LogP contribution in [0.4, 0.5) is 4.39 Å². The van der Waals surface area contributed by atoms with Gasteiger partial charge in [-0.3, -0.25) is 0 Å². The Morgan fingerprint density at radius 2 is 2.21 bits per heavy atom. The fourth-order valence-corrected chi connectivity index (χ4v) is 4.10. The van der Waals surface area contributed by atoms with Gasteiger partial charge in [0.15, 0.2) is 0 Å². The standard InChI is InChI=1S/C24H25FN2O2/c1-29-24(28)11-5-16-4-8-20-17(13-16)6-9-22(20)26-12-2-3-18-15-27-23-10-7-19(25)14-21(18)23/h4-5,7-8,10-11,13-15,22,26-27H,2-3,6,9,12H2,1H3. The number of carbonyl (C=O) groups excluding carboxylic acids is 1. The monoisotopic (exact) mass is 392 g/mol. The van der Waals surface area contributed by atoms with Crippen molar-refractivity contribution in [2.45, 2.75) is 31.7 Å². The van der Waals surface area contributed by atoms with E-state index in [9.17, 15) is 9.18 Å². The highest BCUT2D eigenvalue weighted by Gasteiger charge is 2.21. The molecule has 2 N–H and O–H groups in total. The maximum absolute atomic E-state index is 13.5. The molecule has 1 heterocycles. The van der Waals surface area contributed by atoms with Crippen LogP contribution in [-0.2, 0) is 22.4 Å². The Hall–Kier alpha value is -2.92. The largest absolute Gasteiger partial charge is 0.466 e. The molecule has 0 aliphatic heterocycles. The number of ether oxygens (including phenoxy) is 1. The zero-order valence-electron chi connectivity index (χ0n) is 16.5. The molecule has 1 aromatic heterocycles. The van der Waals surface area contributed by atoms with Gasteiger partial charge in [-0.2, -0.15) is 0 Å². The Bertz CT molecular complexity index is 1050. The molecule has 5 heteroatoms. The number of hydrogen-bond acceptors (Lipinski definition) is 3. The number of aromatic nitrogens is 1. The summed E-state index contributed by atoms with van der Waals surface area (Å²) in [4.78, 5) is 14.5. The molecule has 4 rings (SSSR count). The molecule has 0 radical (unpaired) electrons. The number of H-pyrrole nitrogens is 1. The molecule has 0 saturated heterocycles. The molecule has 150 valence electrons. The molecule has 29 heavy (non-hydrogen) atoms. The van der Waals surface area contributed by atoms with Gasteiger partial charge in [-0.05, 0) is 78.8 Å². The third kappa shape index (κ3) is 4.40. The fourth-order valence-electron chi connectivity index (χ4n) is 4.10. The average Bonchev–Trinajstić information content (AvgIpc) is 3.32. The van der Waals surface area contributed by atoms with Crippen molar-refractivity contribution < 1.29 is 13.9 Å². The maximum Gasteiger partial charge on any atom is 0.330 e. The Labute approximate surface area is 169 Å². The number of aryl methyl sites for hydroxylation is 2. The van der Waals surface area contributed by atoms with E-state index in [4.69, 9.17) is 0 Å². The zero-order chi connectivity index (χ0) is 20.2. The van der Waals surface area contributed by atoms with Crippen molar-refractivity contribution in [2.24, 2.45) is 0 Å². The van der Waals surface area contributed by atoms with E-state index < -0.39 is 0 Å². The smallest absolute Gasteiger partial charge is 0.330 e. The lowest BCUT2D eigenvalue weighted by molar-refractivity contribution is -0.134. The van der Waals surface area contributed by atoms with Crippen LogP contribution < -0.4 is 5.32 Å². The van der Waals surface area contributed by atoms with E-state index in [1.54, 1.807) is 18.2 Å². The van der Waals surface area contributed by atoms with Gasteiger partial charge in [0, 0.05) is 29.2 Å². The number of rotatable bonds is 7. The van der Waals surface area contributed by atoms with Gasteiger partial charge >= 0.3 is 5.97 Å². The van der Waals surface area contributed by atoms with Crippen molar-refractivity contribution in [3.8, 4) is 0 Å². The minimum absolute atomic E-state index is 0.195. The molecule has 1 aliphatic rings. The van der Waals surface area contributed by atoms with E-state index in [0.29, 0.717) is 6.04 Å². The van der Waals surface area contributed by atoms with Crippen molar-refractivity contribution in [2.75, 3.05) is 13.7 Å². The maximum atomic E-state index is 13.5. The molecule has 1 aliphatic carbocycles. The van der Waals surface area contributed by atoms with Crippen molar-refractivity contribution >= 4 is 22.9 Å². The van der Waals surface area contributed by atoms with E-state index in [-0.39, 0.29) is 11.8 Å². The van der Waals surface area contributed by atoms with Crippen LogP contribution in [0.1, 0.15) is 41.1 Å². The van der Waals surface area contributed by atoms with Crippen LogP contribution in [0.5, 0.6) is 0 Å². The molecule has 1 unspecified atom stereocenters. The first kappa shape index (κ1) is 19.4. The number of fused-ring (bicyclic) bond motifs is 2. The van der Waals surface area contributed by atoms with Gasteiger partial charge in [0.25, 0.3) is 0 Å². The Balaban J connectivity index is 1.32. The average molecular weight is 392 g/mol. The lowest BCUT2D eigenvalue weighted by Gasteiger charge is -2.14. The third-order valence-corrected chi connectivity index (χ3v) is 5.60. The second-order valence-corrected chi connectivity index (χ2v) is 7.47. The molecule has 0 spiro atoms. The van der Waals surface area contributed by atoms with Crippen molar-refractivity contribution in [3.63, 3.8) is 0 Å². The van der Waals surface area contributed by atoms with Crippen LogP contribution in [0, 0.1) is 5.82 Å². The molecule has 2 aromatic carbocycles. The minimum atomic E-state index is -0.344. The van der Waals surface area contributed by atoms with E-state index in [2.05, 4.69) is 27.2 Å². The molecule has 0 fully saturated rings. The van der Waals surface area contributed by atoms with Gasteiger partial charge < -0.3 is 15.0 Å². The number of halogens is 1. The van der Waals surface area contributed by atoms with Crippen LogP contribution in [0.15, 0.2) is 48.7 Å². The summed E-state index contributed by atoms with van der Waals surface area (Å²) < 4.78 is 18.1. The Kier molecular flexibility index (Phi) is 5.76. The van der Waals surface area contributed by atoms with Gasteiger partial charge in [0.05, 0.1) is 7.11 Å². The summed E-state index contributed by atoms with van der Waals surface area (Å²) in [6, 6.07) is 11.6. The Morgan fingerprint density at radius 1 is 1.31 bits per heavy atom. The summed E-state index contributed by atoms with van der Waals surface area (Å²) in [5.41, 5.74) is 5.84. The topological polar surface area (TPSA) is 54.1 Å². The summed E-state index contributed by atoms with van der Waals surface area (Å²) in [5.74, 6) is -0.539. The van der Waals surface area contributed by atoms with E-state index >= 15 is 0 Å². The van der Waals surface area contributed by atoms with Gasteiger partial charge in [-0.1, -0.05) is 18.2 Å².